The first-order valence-corrected chi connectivity index (χ1v) is 5.68. The fourth-order valence-electron chi connectivity index (χ4n) is 1.74. The molecule has 1 aromatic rings. The second-order valence-corrected chi connectivity index (χ2v) is 3.88. The molecule has 0 aliphatic carbocycles. The fraction of sp³-hybridized carbons (Fsp3) is 0.462. The summed E-state index contributed by atoms with van der Waals surface area (Å²) in [7, 11) is 0. The quantitative estimate of drug-likeness (QED) is 0.417. The number of nitrogen functional groups attached to an aromatic ring is 1. The molecule has 0 aromatic heterocycles. The number of unbranched alkanes of at least 4 members (excludes halogenated alkanes) is 3. The van der Waals surface area contributed by atoms with Gasteiger partial charge in [-0.3, -0.25) is 5.41 Å². The van der Waals surface area contributed by atoms with E-state index in [9.17, 15) is 0 Å². The van der Waals surface area contributed by atoms with Gasteiger partial charge in [0, 0.05) is 5.56 Å². The molecule has 0 fully saturated rings. The summed E-state index contributed by atoms with van der Waals surface area (Å²) in [5, 5.41) is 7.47. The van der Waals surface area contributed by atoms with Crippen molar-refractivity contribution < 1.29 is 0 Å². The second-order valence-electron chi connectivity index (χ2n) is 3.88. The Morgan fingerprint density at radius 1 is 1.20 bits per heavy atom. The van der Waals surface area contributed by atoms with E-state index in [0.29, 0.717) is 0 Å². The number of amidine groups is 1. The molecule has 0 bridgehead atoms. The minimum atomic E-state index is 0.182. The van der Waals surface area contributed by atoms with Crippen molar-refractivity contribution in [2.24, 2.45) is 5.73 Å². The smallest absolute Gasteiger partial charge is 0.123 e. The van der Waals surface area contributed by atoms with Crippen molar-refractivity contribution in [3.05, 3.63) is 35.4 Å². The monoisotopic (exact) mass is 204 g/mol. The maximum absolute atomic E-state index is 7.47. The molecule has 0 aliphatic heterocycles. The number of rotatable bonds is 6. The van der Waals surface area contributed by atoms with Crippen molar-refractivity contribution in [1.29, 1.82) is 5.41 Å². The third-order valence-corrected chi connectivity index (χ3v) is 2.61. The van der Waals surface area contributed by atoms with E-state index >= 15 is 0 Å². The standard InChI is InChI=1S/C13H20N2/c1-2-3-4-5-8-11-9-6-7-10-12(11)13(14)15/h6-7,9-10H,2-5,8H2,1H3,(H3,14,15). The normalized spacial score (nSPS) is 10.2. The zero-order valence-corrected chi connectivity index (χ0v) is 9.42. The van der Waals surface area contributed by atoms with Crippen LogP contribution in [0.4, 0.5) is 0 Å². The number of benzene rings is 1. The molecule has 3 N–H and O–H groups in total. The summed E-state index contributed by atoms with van der Waals surface area (Å²) in [6.07, 6.45) is 6.05. The van der Waals surface area contributed by atoms with Gasteiger partial charge in [0.15, 0.2) is 0 Å². The summed E-state index contributed by atoms with van der Waals surface area (Å²) in [6, 6.07) is 7.95. The highest BCUT2D eigenvalue weighted by Crippen LogP contribution is 2.12. The van der Waals surface area contributed by atoms with Crippen LogP contribution >= 0.6 is 0 Å². The average Bonchev–Trinajstić information content (AvgIpc) is 2.25. The largest absolute Gasteiger partial charge is 0.384 e. The number of hydrogen-bond donors (Lipinski definition) is 2. The highest BCUT2D eigenvalue weighted by atomic mass is 14.7. The molecule has 0 atom stereocenters. The van der Waals surface area contributed by atoms with Gasteiger partial charge < -0.3 is 5.73 Å². The predicted octanol–water partition coefficient (Wildman–Crippen LogP) is 3.09. The van der Waals surface area contributed by atoms with Crippen LogP contribution in [-0.4, -0.2) is 5.84 Å². The Balaban J connectivity index is 2.56. The molecule has 0 radical (unpaired) electrons. The van der Waals surface area contributed by atoms with Crippen LogP contribution < -0.4 is 5.73 Å². The van der Waals surface area contributed by atoms with Crippen molar-refractivity contribution in [1.82, 2.24) is 0 Å². The van der Waals surface area contributed by atoms with Gasteiger partial charge in [0.2, 0.25) is 0 Å². The second kappa shape index (κ2) is 6.23. The van der Waals surface area contributed by atoms with Gasteiger partial charge in [0.1, 0.15) is 5.84 Å². The minimum absolute atomic E-state index is 0.182. The summed E-state index contributed by atoms with van der Waals surface area (Å²) in [5.41, 5.74) is 7.63. The molecule has 0 amide bonds. The van der Waals surface area contributed by atoms with Crippen molar-refractivity contribution in [3.8, 4) is 0 Å². The summed E-state index contributed by atoms with van der Waals surface area (Å²) in [5.74, 6) is 0.182. The van der Waals surface area contributed by atoms with E-state index in [2.05, 4.69) is 13.0 Å². The van der Waals surface area contributed by atoms with Gasteiger partial charge in [0.25, 0.3) is 0 Å². The minimum Gasteiger partial charge on any atom is -0.384 e. The van der Waals surface area contributed by atoms with Crippen LogP contribution in [0.5, 0.6) is 0 Å². The molecule has 15 heavy (non-hydrogen) atoms. The van der Waals surface area contributed by atoms with Gasteiger partial charge in [-0.2, -0.15) is 0 Å². The van der Waals surface area contributed by atoms with Gasteiger partial charge in [0.05, 0.1) is 0 Å². The Morgan fingerprint density at radius 2 is 1.93 bits per heavy atom. The van der Waals surface area contributed by atoms with Crippen molar-refractivity contribution in [2.75, 3.05) is 0 Å². The molecule has 82 valence electrons. The molecule has 0 heterocycles. The first-order valence-electron chi connectivity index (χ1n) is 5.68. The molecule has 0 saturated heterocycles. The number of aryl methyl sites for hydroxylation is 1. The Kier molecular flexibility index (Phi) is 4.88. The zero-order valence-electron chi connectivity index (χ0n) is 9.42. The highest BCUT2D eigenvalue weighted by molar-refractivity contribution is 5.96. The zero-order chi connectivity index (χ0) is 11.1. The third kappa shape index (κ3) is 3.74. The average molecular weight is 204 g/mol. The lowest BCUT2D eigenvalue weighted by molar-refractivity contribution is 0.666. The van der Waals surface area contributed by atoms with Crippen LogP contribution in [0.2, 0.25) is 0 Å². The summed E-state index contributed by atoms with van der Waals surface area (Å²) < 4.78 is 0. The van der Waals surface area contributed by atoms with E-state index in [-0.39, 0.29) is 5.84 Å². The number of nitrogens with two attached hydrogens (primary N) is 1. The molecule has 0 aliphatic rings. The Labute approximate surface area is 92.0 Å². The molecule has 2 heteroatoms. The van der Waals surface area contributed by atoms with E-state index < -0.39 is 0 Å². The van der Waals surface area contributed by atoms with Crippen LogP contribution in [0.15, 0.2) is 24.3 Å². The first-order chi connectivity index (χ1) is 7.25. The molecule has 0 unspecified atom stereocenters. The van der Waals surface area contributed by atoms with Crippen molar-refractivity contribution in [3.63, 3.8) is 0 Å². The maximum atomic E-state index is 7.47. The van der Waals surface area contributed by atoms with Crippen molar-refractivity contribution in [2.45, 2.75) is 39.0 Å². The Hall–Kier alpha value is -1.31. The Bertz CT molecular complexity index is 318. The van der Waals surface area contributed by atoms with E-state index in [0.717, 1.165) is 12.0 Å². The van der Waals surface area contributed by atoms with E-state index in [1.807, 2.05) is 18.2 Å². The topological polar surface area (TPSA) is 49.9 Å². The summed E-state index contributed by atoms with van der Waals surface area (Å²) in [6.45, 7) is 2.21. The van der Waals surface area contributed by atoms with Crippen LogP contribution in [0.25, 0.3) is 0 Å². The van der Waals surface area contributed by atoms with E-state index in [1.165, 1.54) is 31.2 Å². The van der Waals surface area contributed by atoms with Gasteiger partial charge in [-0.25, -0.2) is 0 Å². The van der Waals surface area contributed by atoms with Gasteiger partial charge in [-0.05, 0) is 18.4 Å². The van der Waals surface area contributed by atoms with Gasteiger partial charge in [-0.1, -0.05) is 50.5 Å². The molecule has 0 spiro atoms. The fourth-order valence-corrected chi connectivity index (χ4v) is 1.74. The lowest BCUT2D eigenvalue weighted by Crippen LogP contribution is -2.13. The highest BCUT2D eigenvalue weighted by Gasteiger charge is 2.03. The molecular weight excluding hydrogens is 184 g/mol. The Morgan fingerprint density at radius 3 is 2.60 bits per heavy atom. The molecule has 1 aromatic carbocycles. The van der Waals surface area contributed by atoms with Crippen molar-refractivity contribution >= 4 is 5.84 Å². The van der Waals surface area contributed by atoms with Crippen LogP contribution in [0.1, 0.15) is 43.7 Å². The summed E-state index contributed by atoms with van der Waals surface area (Å²) in [4.78, 5) is 0. The van der Waals surface area contributed by atoms with Gasteiger partial charge >= 0.3 is 0 Å². The summed E-state index contributed by atoms with van der Waals surface area (Å²) >= 11 is 0. The number of hydrogen-bond acceptors (Lipinski definition) is 1. The lowest BCUT2D eigenvalue weighted by Gasteiger charge is -2.07. The van der Waals surface area contributed by atoms with Crippen LogP contribution in [0, 0.1) is 5.41 Å². The molecule has 0 saturated carbocycles. The van der Waals surface area contributed by atoms with Crippen LogP contribution in [-0.2, 0) is 6.42 Å². The predicted molar refractivity (Wildman–Crippen MR) is 65.3 cm³/mol. The molecule has 2 nitrogen and oxygen atoms in total. The number of nitrogens with one attached hydrogen (secondary N) is 1. The van der Waals surface area contributed by atoms with E-state index in [1.54, 1.807) is 0 Å². The van der Waals surface area contributed by atoms with E-state index in [4.69, 9.17) is 11.1 Å². The van der Waals surface area contributed by atoms with Crippen LogP contribution in [0.3, 0.4) is 0 Å². The maximum Gasteiger partial charge on any atom is 0.123 e. The first kappa shape index (κ1) is 11.8. The molecular formula is C13H20N2. The lowest BCUT2D eigenvalue weighted by atomic mass is 10.0. The molecule has 1 rings (SSSR count). The SMILES string of the molecule is CCCCCCc1ccccc1C(=N)N. The van der Waals surface area contributed by atoms with Gasteiger partial charge in [-0.15, -0.1) is 0 Å². The third-order valence-electron chi connectivity index (χ3n) is 2.61.